The maximum Gasteiger partial charge on any atom is 0.167 e. The Morgan fingerprint density at radius 1 is 1.58 bits per heavy atom. The average Bonchev–Trinajstić information content (AvgIpc) is 3.08. The Morgan fingerprint density at radius 2 is 2.42 bits per heavy atom. The molecule has 96 valence electrons. The molecule has 0 atom stereocenters. The standard InChI is InChI=1S/C12H11N5OS/c1-17-9(6-18)8(5-13)11-12(17)15-10(19-11)4-7-2-3-14-16-7/h2-3,5-6,13H,4H2,1H3,(H,14,16). The highest BCUT2D eigenvalue weighted by Gasteiger charge is 2.18. The van der Waals surface area contributed by atoms with Crippen molar-refractivity contribution in [1.82, 2.24) is 19.7 Å². The van der Waals surface area contributed by atoms with Gasteiger partial charge in [-0.2, -0.15) is 5.10 Å². The number of carbonyl (C=O) groups is 1. The van der Waals surface area contributed by atoms with Crippen molar-refractivity contribution in [2.24, 2.45) is 7.05 Å². The summed E-state index contributed by atoms with van der Waals surface area (Å²) in [7, 11) is 1.79. The summed E-state index contributed by atoms with van der Waals surface area (Å²) in [6.45, 7) is 0. The number of hydrogen-bond acceptors (Lipinski definition) is 5. The number of nitrogens with zero attached hydrogens (tertiary/aromatic N) is 3. The first-order chi connectivity index (χ1) is 9.24. The largest absolute Gasteiger partial charge is 0.325 e. The monoisotopic (exact) mass is 273 g/mol. The van der Waals surface area contributed by atoms with E-state index in [0.717, 1.165) is 27.3 Å². The molecule has 3 aromatic rings. The molecule has 7 heteroatoms. The van der Waals surface area contributed by atoms with Crippen molar-refractivity contribution in [3.8, 4) is 0 Å². The molecule has 3 heterocycles. The average molecular weight is 273 g/mol. The summed E-state index contributed by atoms with van der Waals surface area (Å²) in [6.07, 6.45) is 4.40. The van der Waals surface area contributed by atoms with E-state index < -0.39 is 0 Å². The van der Waals surface area contributed by atoms with E-state index >= 15 is 0 Å². The highest BCUT2D eigenvalue weighted by molar-refractivity contribution is 7.19. The quantitative estimate of drug-likeness (QED) is 0.561. The molecular weight excluding hydrogens is 262 g/mol. The normalized spacial score (nSPS) is 11.0. The van der Waals surface area contributed by atoms with Crippen LogP contribution in [0.4, 0.5) is 0 Å². The third-order valence-electron chi connectivity index (χ3n) is 3.00. The third-order valence-corrected chi connectivity index (χ3v) is 4.08. The summed E-state index contributed by atoms with van der Waals surface area (Å²) in [6, 6.07) is 1.90. The Labute approximate surface area is 112 Å². The fourth-order valence-corrected chi connectivity index (χ4v) is 3.21. The smallest absolute Gasteiger partial charge is 0.167 e. The second-order valence-electron chi connectivity index (χ2n) is 4.12. The molecule has 0 aliphatic rings. The van der Waals surface area contributed by atoms with E-state index in [-0.39, 0.29) is 0 Å². The Morgan fingerprint density at radius 3 is 3.05 bits per heavy atom. The topological polar surface area (TPSA) is 87.4 Å². The summed E-state index contributed by atoms with van der Waals surface area (Å²) >= 11 is 1.50. The van der Waals surface area contributed by atoms with E-state index in [0.29, 0.717) is 17.7 Å². The van der Waals surface area contributed by atoms with Crippen LogP contribution in [0.25, 0.3) is 10.3 Å². The molecule has 0 spiro atoms. The maximum atomic E-state index is 11.1. The number of thiazole rings is 1. The van der Waals surface area contributed by atoms with E-state index in [9.17, 15) is 4.79 Å². The molecule has 0 fully saturated rings. The fourth-order valence-electron chi connectivity index (χ4n) is 2.07. The second kappa shape index (κ2) is 4.43. The SMILES string of the molecule is Cn1c(C=O)c(C=N)c2sc(Cc3cc[nH]n3)nc21. The number of fused-ring (bicyclic) bond motifs is 1. The van der Waals surface area contributed by atoms with Crippen LogP contribution in [-0.4, -0.2) is 32.2 Å². The van der Waals surface area contributed by atoms with Gasteiger partial charge in [0.15, 0.2) is 11.9 Å². The molecule has 0 aromatic carbocycles. The number of carbonyl (C=O) groups excluding carboxylic acids is 1. The number of aromatic amines is 1. The van der Waals surface area contributed by atoms with Gasteiger partial charge in [-0.05, 0) is 6.07 Å². The van der Waals surface area contributed by atoms with Gasteiger partial charge < -0.3 is 9.98 Å². The highest BCUT2D eigenvalue weighted by Crippen LogP contribution is 2.29. The predicted octanol–water partition coefficient (Wildman–Crippen LogP) is 1.76. The van der Waals surface area contributed by atoms with Crippen LogP contribution in [0.5, 0.6) is 0 Å². The Kier molecular flexibility index (Phi) is 2.75. The van der Waals surface area contributed by atoms with E-state index in [4.69, 9.17) is 5.41 Å². The minimum atomic E-state index is 0.495. The first-order valence-corrected chi connectivity index (χ1v) is 6.48. The van der Waals surface area contributed by atoms with Crippen LogP contribution in [0.3, 0.4) is 0 Å². The van der Waals surface area contributed by atoms with Crippen LogP contribution in [0.2, 0.25) is 0 Å². The van der Waals surface area contributed by atoms with Gasteiger partial charge in [0.1, 0.15) is 5.01 Å². The third kappa shape index (κ3) is 1.78. The second-order valence-corrected chi connectivity index (χ2v) is 5.21. The number of hydrogen-bond donors (Lipinski definition) is 2. The van der Waals surface area contributed by atoms with Crippen LogP contribution in [-0.2, 0) is 13.5 Å². The number of aromatic nitrogens is 4. The van der Waals surface area contributed by atoms with Gasteiger partial charge in [-0.3, -0.25) is 9.89 Å². The van der Waals surface area contributed by atoms with Crippen molar-refractivity contribution in [2.75, 3.05) is 0 Å². The van der Waals surface area contributed by atoms with Crippen LogP contribution in [0, 0.1) is 5.41 Å². The first kappa shape index (κ1) is 11.8. The van der Waals surface area contributed by atoms with E-state index in [1.165, 1.54) is 17.6 Å². The molecule has 0 unspecified atom stereocenters. The number of rotatable bonds is 4. The zero-order valence-electron chi connectivity index (χ0n) is 10.2. The molecule has 19 heavy (non-hydrogen) atoms. The molecule has 0 aliphatic carbocycles. The molecule has 0 saturated carbocycles. The number of H-pyrrole nitrogens is 1. The Bertz CT molecular complexity index is 753. The summed E-state index contributed by atoms with van der Waals surface area (Å²) in [5.41, 5.74) is 2.80. The van der Waals surface area contributed by atoms with Crippen LogP contribution < -0.4 is 0 Å². The predicted molar refractivity (Wildman–Crippen MR) is 73.3 cm³/mol. The molecular formula is C12H11N5OS. The van der Waals surface area contributed by atoms with Gasteiger partial charge in [0.2, 0.25) is 0 Å². The van der Waals surface area contributed by atoms with Crippen LogP contribution in [0.1, 0.15) is 26.8 Å². The van der Waals surface area contributed by atoms with Crippen molar-refractivity contribution in [1.29, 1.82) is 5.41 Å². The molecule has 3 rings (SSSR count). The Balaban J connectivity index is 2.11. The minimum Gasteiger partial charge on any atom is -0.325 e. The minimum absolute atomic E-state index is 0.495. The molecule has 2 N–H and O–H groups in total. The molecule has 0 aliphatic heterocycles. The van der Waals surface area contributed by atoms with Crippen molar-refractivity contribution in [2.45, 2.75) is 6.42 Å². The van der Waals surface area contributed by atoms with E-state index in [2.05, 4.69) is 15.2 Å². The zero-order valence-corrected chi connectivity index (χ0v) is 11.0. The van der Waals surface area contributed by atoms with E-state index in [1.807, 2.05) is 6.07 Å². The summed E-state index contributed by atoms with van der Waals surface area (Å²) < 4.78 is 2.61. The lowest BCUT2D eigenvalue weighted by atomic mass is 10.3. The van der Waals surface area contributed by atoms with Crippen molar-refractivity contribution in [3.05, 3.63) is 34.2 Å². The lowest BCUT2D eigenvalue weighted by Crippen LogP contribution is -1.98. The van der Waals surface area contributed by atoms with Gasteiger partial charge in [0.05, 0.1) is 16.1 Å². The molecule has 3 aromatic heterocycles. The first-order valence-electron chi connectivity index (χ1n) is 5.67. The summed E-state index contributed by atoms with van der Waals surface area (Å²) in [5.74, 6) is 0. The molecule has 0 amide bonds. The zero-order chi connectivity index (χ0) is 13.4. The number of nitrogens with one attached hydrogen (secondary N) is 2. The van der Waals surface area contributed by atoms with Gasteiger partial charge in [-0.25, -0.2) is 4.98 Å². The van der Waals surface area contributed by atoms with Gasteiger partial charge >= 0.3 is 0 Å². The Hall–Kier alpha value is -2.28. The van der Waals surface area contributed by atoms with Crippen molar-refractivity contribution in [3.63, 3.8) is 0 Å². The van der Waals surface area contributed by atoms with Crippen molar-refractivity contribution >= 4 is 34.2 Å². The number of aldehydes is 1. The fraction of sp³-hybridized carbons (Fsp3) is 0.167. The molecule has 6 nitrogen and oxygen atoms in total. The molecule has 0 bridgehead atoms. The van der Waals surface area contributed by atoms with Gasteiger partial charge in [0.25, 0.3) is 0 Å². The van der Waals surface area contributed by atoms with Crippen LogP contribution in [0.15, 0.2) is 12.3 Å². The lowest BCUT2D eigenvalue weighted by molar-refractivity contribution is 0.111. The maximum absolute atomic E-state index is 11.1. The lowest BCUT2D eigenvalue weighted by Gasteiger charge is -1.96. The van der Waals surface area contributed by atoms with Gasteiger partial charge in [-0.1, -0.05) is 0 Å². The van der Waals surface area contributed by atoms with Crippen molar-refractivity contribution < 1.29 is 4.79 Å². The van der Waals surface area contributed by atoms with Crippen LogP contribution >= 0.6 is 11.3 Å². The summed E-state index contributed by atoms with van der Waals surface area (Å²) in [4.78, 5) is 15.6. The van der Waals surface area contributed by atoms with Gasteiger partial charge in [-0.15, -0.1) is 11.3 Å². The molecule has 0 radical (unpaired) electrons. The molecule has 0 saturated heterocycles. The number of aryl methyl sites for hydroxylation is 1. The van der Waals surface area contributed by atoms with Gasteiger partial charge in [0, 0.05) is 31.4 Å². The van der Waals surface area contributed by atoms with E-state index in [1.54, 1.807) is 17.8 Å². The summed E-state index contributed by atoms with van der Waals surface area (Å²) in [5, 5.41) is 15.2. The highest BCUT2D eigenvalue weighted by atomic mass is 32.1.